The van der Waals surface area contributed by atoms with Gasteiger partial charge in [-0.3, -0.25) is 14.5 Å². The first kappa shape index (κ1) is 17.2. The summed E-state index contributed by atoms with van der Waals surface area (Å²) in [4.78, 5) is 25.4. The fraction of sp³-hybridized carbons (Fsp3) is 0.0556. The second-order valence-corrected chi connectivity index (χ2v) is 6.85. The highest BCUT2D eigenvalue weighted by molar-refractivity contribution is 8.27. The zero-order valence-corrected chi connectivity index (χ0v) is 14.7. The first-order valence-corrected chi connectivity index (χ1v) is 8.61. The first-order chi connectivity index (χ1) is 12.0. The number of anilines is 1. The van der Waals surface area contributed by atoms with Crippen molar-refractivity contribution in [3.8, 4) is 5.75 Å². The van der Waals surface area contributed by atoms with Crippen LogP contribution in [0.5, 0.6) is 5.75 Å². The topological polar surface area (TPSA) is 72.6 Å². The van der Waals surface area contributed by atoms with E-state index in [2.05, 4.69) is 0 Å². The first-order valence-electron chi connectivity index (χ1n) is 7.39. The van der Waals surface area contributed by atoms with E-state index in [-0.39, 0.29) is 12.5 Å². The maximum atomic E-state index is 12.6. The largest absolute Gasteiger partial charge is 0.484 e. The van der Waals surface area contributed by atoms with Crippen LogP contribution in [-0.2, 0) is 9.59 Å². The molecule has 1 fully saturated rings. The quantitative estimate of drug-likeness (QED) is 0.647. The lowest BCUT2D eigenvalue weighted by Crippen LogP contribution is -2.27. The number of hydrogen-bond donors (Lipinski definition) is 1. The Morgan fingerprint density at radius 3 is 2.48 bits per heavy atom. The third-order valence-electron chi connectivity index (χ3n) is 3.37. The van der Waals surface area contributed by atoms with Crippen molar-refractivity contribution in [2.75, 3.05) is 11.5 Å². The van der Waals surface area contributed by atoms with E-state index in [1.54, 1.807) is 30.3 Å². The van der Waals surface area contributed by atoms with Crippen LogP contribution in [0.1, 0.15) is 5.56 Å². The zero-order chi connectivity index (χ0) is 17.8. The Morgan fingerprint density at radius 2 is 1.84 bits per heavy atom. The lowest BCUT2D eigenvalue weighted by Gasteiger charge is -2.13. The number of carbonyl (C=O) groups excluding carboxylic acids is 2. The van der Waals surface area contributed by atoms with Crippen LogP contribution in [0.3, 0.4) is 0 Å². The van der Waals surface area contributed by atoms with Gasteiger partial charge in [0.05, 0.1) is 10.6 Å². The van der Waals surface area contributed by atoms with Crippen LogP contribution in [0.15, 0.2) is 59.5 Å². The summed E-state index contributed by atoms with van der Waals surface area (Å²) in [6, 6.07) is 16.3. The summed E-state index contributed by atoms with van der Waals surface area (Å²) in [5.74, 6) is -0.142. The maximum Gasteiger partial charge on any atom is 0.270 e. The van der Waals surface area contributed by atoms with Crippen LogP contribution in [0.25, 0.3) is 6.08 Å². The fourth-order valence-corrected chi connectivity index (χ4v) is 3.53. The van der Waals surface area contributed by atoms with E-state index >= 15 is 0 Å². The van der Waals surface area contributed by atoms with Crippen LogP contribution < -0.4 is 15.4 Å². The Bertz CT molecular complexity index is 848. The third-order valence-corrected chi connectivity index (χ3v) is 4.67. The molecule has 0 radical (unpaired) electrons. The van der Waals surface area contributed by atoms with Gasteiger partial charge in [0.25, 0.3) is 11.8 Å². The number of rotatable bonds is 5. The van der Waals surface area contributed by atoms with E-state index in [4.69, 9.17) is 22.7 Å². The Morgan fingerprint density at radius 1 is 1.16 bits per heavy atom. The number of nitrogens with zero attached hydrogens (tertiary/aromatic N) is 1. The Kier molecular flexibility index (Phi) is 5.16. The number of thiocarbonyl (C=S) groups is 1. The van der Waals surface area contributed by atoms with E-state index < -0.39 is 5.91 Å². The molecule has 2 aromatic rings. The number of benzene rings is 2. The van der Waals surface area contributed by atoms with Crippen molar-refractivity contribution in [1.82, 2.24) is 0 Å². The molecule has 0 spiro atoms. The van der Waals surface area contributed by atoms with Gasteiger partial charge in [-0.25, -0.2) is 0 Å². The van der Waals surface area contributed by atoms with E-state index in [1.807, 2.05) is 30.3 Å². The molecule has 5 nitrogen and oxygen atoms in total. The van der Waals surface area contributed by atoms with Gasteiger partial charge in [0.2, 0.25) is 0 Å². The number of para-hydroxylation sites is 1. The maximum absolute atomic E-state index is 12.6. The summed E-state index contributed by atoms with van der Waals surface area (Å²) in [7, 11) is 0. The van der Waals surface area contributed by atoms with E-state index in [9.17, 15) is 9.59 Å². The summed E-state index contributed by atoms with van der Waals surface area (Å²) in [5, 5.41) is 0. The minimum Gasteiger partial charge on any atom is -0.484 e. The molecular weight excluding hydrogens is 356 g/mol. The number of hydrogen-bond acceptors (Lipinski definition) is 5. The van der Waals surface area contributed by atoms with Crippen LogP contribution >= 0.6 is 24.0 Å². The number of amides is 2. The molecule has 126 valence electrons. The van der Waals surface area contributed by atoms with Crippen molar-refractivity contribution >= 4 is 51.9 Å². The number of thioether (sulfide) groups is 1. The molecule has 1 saturated heterocycles. The molecule has 2 N–H and O–H groups in total. The molecule has 0 atom stereocenters. The molecule has 2 aromatic carbocycles. The minimum atomic E-state index is -0.534. The normalized spacial score (nSPS) is 15.7. The van der Waals surface area contributed by atoms with Gasteiger partial charge in [0.15, 0.2) is 10.9 Å². The molecule has 2 amide bonds. The second kappa shape index (κ2) is 7.50. The predicted molar refractivity (Wildman–Crippen MR) is 103 cm³/mol. The molecule has 25 heavy (non-hydrogen) atoms. The van der Waals surface area contributed by atoms with Gasteiger partial charge in [-0.1, -0.05) is 54.3 Å². The summed E-state index contributed by atoms with van der Waals surface area (Å²) >= 11 is 6.60. The third kappa shape index (κ3) is 4.07. The van der Waals surface area contributed by atoms with Gasteiger partial charge in [0.1, 0.15) is 5.75 Å². The number of carbonyl (C=O) groups is 2. The average molecular weight is 370 g/mol. The molecule has 1 aliphatic heterocycles. The van der Waals surface area contributed by atoms with Gasteiger partial charge < -0.3 is 10.5 Å². The minimum absolute atomic E-state index is 0.143. The number of primary amides is 1. The fourth-order valence-electron chi connectivity index (χ4n) is 2.23. The standard InChI is InChI=1S/C18H14N2O3S2/c19-16(21)11-23-14-8-6-12(7-9-14)10-15-17(22)20(18(24)25-15)13-4-2-1-3-5-13/h1-10H,11H2,(H2,19,21). The SMILES string of the molecule is NC(=O)COc1ccc(C=C2SC(=S)N(c3ccccc3)C2=O)cc1. The number of ether oxygens (including phenoxy) is 1. The number of nitrogens with two attached hydrogens (primary N) is 1. The molecular formula is C18H14N2O3S2. The molecule has 1 aliphatic rings. The van der Waals surface area contributed by atoms with Crippen molar-refractivity contribution in [2.45, 2.75) is 0 Å². The van der Waals surface area contributed by atoms with Crippen molar-refractivity contribution in [3.05, 3.63) is 65.1 Å². The monoisotopic (exact) mass is 370 g/mol. The van der Waals surface area contributed by atoms with Gasteiger partial charge in [-0.15, -0.1) is 0 Å². The van der Waals surface area contributed by atoms with E-state index in [1.165, 1.54) is 16.7 Å². The van der Waals surface area contributed by atoms with Crippen LogP contribution in [0.2, 0.25) is 0 Å². The summed E-state index contributed by atoms with van der Waals surface area (Å²) in [6.45, 7) is -0.172. The van der Waals surface area contributed by atoms with Crippen LogP contribution in [0, 0.1) is 0 Å². The summed E-state index contributed by atoms with van der Waals surface area (Å²) < 4.78 is 5.71. The van der Waals surface area contributed by atoms with E-state index in [0.717, 1.165) is 11.3 Å². The molecule has 1 heterocycles. The zero-order valence-electron chi connectivity index (χ0n) is 13.0. The van der Waals surface area contributed by atoms with Crippen LogP contribution in [-0.4, -0.2) is 22.7 Å². The van der Waals surface area contributed by atoms with Crippen molar-refractivity contribution in [1.29, 1.82) is 0 Å². The van der Waals surface area contributed by atoms with Gasteiger partial charge >= 0.3 is 0 Å². The van der Waals surface area contributed by atoms with Gasteiger partial charge in [-0.05, 0) is 35.9 Å². The summed E-state index contributed by atoms with van der Waals surface area (Å²) in [6.07, 6.45) is 1.78. The lowest BCUT2D eigenvalue weighted by atomic mass is 10.2. The predicted octanol–water partition coefficient (Wildman–Crippen LogP) is 2.96. The smallest absolute Gasteiger partial charge is 0.270 e. The molecule has 0 aliphatic carbocycles. The Hall–Kier alpha value is -2.64. The van der Waals surface area contributed by atoms with Crippen molar-refractivity contribution in [2.24, 2.45) is 5.73 Å². The van der Waals surface area contributed by atoms with Gasteiger partial charge in [-0.2, -0.15) is 0 Å². The van der Waals surface area contributed by atoms with Crippen molar-refractivity contribution in [3.63, 3.8) is 0 Å². The Balaban J connectivity index is 1.77. The van der Waals surface area contributed by atoms with Crippen LogP contribution in [0.4, 0.5) is 5.69 Å². The highest BCUT2D eigenvalue weighted by Crippen LogP contribution is 2.35. The Labute approximate surface area is 154 Å². The highest BCUT2D eigenvalue weighted by atomic mass is 32.2. The lowest BCUT2D eigenvalue weighted by molar-refractivity contribution is -0.120. The van der Waals surface area contributed by atoms with Gasteiger partial charge in [0, 0.05) is 0 Å². The molecule has 0 unspecified atom stereocenters. The second-order valence-electron chi connectivity index (χ2n) is 5.18. The molecule has 0 bridgehead atoms. The average Bonchev–Trinajstić information content (AvgIpc) is 2.88. The van der Waals surface area contributed by atoms with Crippen molar-refractivity contribution < 1.29 is 14.3 Å². The van der Waals surface area contributed by atoms with E-state index in [0.29, 0.717) is 15.0 Å². The molecule has 3 rings (SSSR count). The highest BCUT2D eigenvalue weighted by Gasteiger charge is 2.33. The molecule has 7 heteroatoms. The summed E-state index contributed by atoms with van der Waals surface area (Å²) in [5.41, 5.74) is 6.62. The molecule has 0 aromatic heterocycles. The molecule has 0 saturated carbocycles.